The molecule has 22 heavy (non-hydrogen) atoms. The third kappa shape index (κ3) is 2.17. The molecule has 2 atom stereocenters. The first kappa shape index (κ1) is 14.6. The lowest BCUT2D eigenvalue weighted by molar-refractivity contribution is -0.148. The summed E-state index contributed by atoms with van der Waals surface area (Å²) >= 11 is 1.44. The van der Waals surface area contributed by atoms with Crippen molar-refractivity contribution in [3.8, 4) is 0 Å². The number of aromatic nitrogens is 2. The summed E-state index contributed by atoms with van der Waals surface area (Å²) in [7, 11) is 1.69. The quantitative estimate of drug-likeness (QED) is 0.746. The van der Waals surface area contributed by atoms with Gasteiger partial charge in [-0.25, -0.2) is 4.79 Å². The van der Waals surface area contributed by atoms with Gasteiger partial charge in [0.2, 0.25) is 0 Å². The fraction of sp³-hybridized carbons (Fsp3) is 0.385. The van der Waals surface area contributed by atoms with E-state index in [0.29, 0.717) is 16.9 Å². The lowest BCUT2D eigenvalue weighted by Crippen LogP contribution is -2.70. The van der Waals surface area contributed by atoms with Crippen LogP contribution in [0.15, 0.2) is 23.7 Å². The van der Waals surface area contributed by atoms with Crippen LogP contribution in [-0.2, 0) is 16.6 Å². The van der Waals surface area contributed by atoms with E-state index in [1.165, 1.54) is 27.5 Å². The first-order chi connectivity index (χ1) is 10.4. The number of aryl methyl sites for hydroxylation is 1. The normalized spacial score (nSPS) is 23.9. The van der Waals surface area contributed by atoms with E-state index in [9.17, 15) is 19.5 Å². The Bertz CT molecular complexity index is 711. The molecule has 1 aromatic rings. The molecule has 1 saturated heterocycles. The Kier molecular flexibility index (Phi) is 3.44. The Morgan fingerprint density at radius 1 is 1.50 bits per heavy atom. The van der Waals surface area contributed by atoms with Crippen molar-refractivity contribution in [3.05, 3.63) is 29.2 Å². The number of carboxylic acids is 1. The number of hydrogen-bond donors (Lipinski definition) is 2. The molecule has 0 bridgehead atoms. The zero-order valence-electron chi connectivity index (χ0n) is 11.9. The lowest BCUT2D eigenvalue weighted by atomic mass is 10.0. The summed E-state index contributed by atoms with van der Waals surface area (Å²) in [4.78, 5) is 36.8. The van der Waals surface area contributed by atoms with E-state index in [2.05, 4.69) is 10.4 Å². The molecule has 2 N–H and O–H groups in total. The molecule has 0 saturated carbocycles. The van der Waals surface area contributed by atoms with Crippen molar-refractivity contribution in [3.63, 3.8) is 0 Å². The van der Waals surface area contributed by atoms with Gasteiger partial charge in [0.1, 0.15) is 17.1 Å². The molecule has 116 valence electrons. The second-order valence-electron chi connectivity index (χ2n) is 5.20. The Balaban J connectivity index is 1.76. The molecule has 0 aromatic carbocycles. The predicted octanol–water partition coefficient (Wildman–Crippen LogP) is -0.208. The van der Waals surface area contributed by atoms with Crippen molar-refractivity contribution in [2.75, 3.05) is 5.75 Å². The zero-order valence-corrected chi connectivity index (χ0v) is 12.8. The minimum atomic E-state index is -1.12. The first-order valence-corrected chi connectivity index (χ1v) is 7.62. The van der Waals surface area contributed by atoms with E-state index in [-0.39, 0.29) is 11.1 Å². The molecule has 2 amide bonds. The van der Waals surface area contributed by atoms with Gasteiger partial charge in [-0.05, 0) is 12.5 Å². The third-order valence-electron chi connectivity index (χ3n) is 3.62. The Hall–Kier alpha value is -2.29. The third-order valence-corrected chi connectivity index (χ3v) is 5.04. The Morgan fingerprint density at radius 3 is 2.82 bits per heavy atom. The van der Waals surface area contributed by atoms with Crippen molar-refractivity contribution in [1.29, 1.82) is 0 Å². The number of carbonyl (C=O) groups is 3. The molecule has 9 heteroatoms. The van der Waals surface area contributed by atoms with Crippen LogP contribution in [0.1, 0.15) is 17.3 Å². The molecule has 0 spiro atoms. The van der Waals surface area contributed by atoms with Gasteiger partial charge in [-0.3, -0.25) is 19.2 Å². The van der Waals surface area contributed by atoms with Crippen molar-refractivity contribution < 1.29 is 19.5 Å². The molecular formula is C13H14N4O4S. The molecule has 1 aromatic heterocycles. The molecule has 2 aliphatic heterocycles. The molecule has 3 rings (SSSR count). The number of carbonyl (C=O) groups excluding carboxylic acids is 2. The number of β-lactam (4-membered cyclic amide) rings is 1. The van der Waals surface area contributed by atoms with Crippen LogP contribution in [0.5, 0.6) is 0 Å². The van der Waals surface area contributed by atoms with Crippen LogP contribution in [0.2, 0.25) is 0 Å². The minimum absolute atomic E-state index is 0.0284. The summed E-state index contributed by atoms with van der Waals surface area (Å²) in [5, 5.41) is 15.4. The van der Waals surface area contributed by atoms with E-state index < -0.39 is 23.8 Å². The highest BCUT2D eigenvalue weighted by Crippen LogP contribution is 2.40. The van der Waals surface area contributed by atoms with Crippen LogP contribution in [0.3, 0.4) is 0 Å². The van der Waals surface area contributed by atoms with E-state index in [1.54, 1.807) is 20.2 Å². The Morgan fingerprint density at radius 2 is 2.23 bits per heavy atom. The molecule has 0 radical (unpaired) electrons. The second kappa shape index (κ2) is 5.16. The van der Waals surface area contributed by atoms with Gasteiger partial charge in [0, 0.05) is 19.0 Å². The van der Waals surface area contributed by atoms with Crippen LogP contribution in [0.25, 0.3) is 0 Å². The number of fused-ring (bicyclic) bond motifs is 1. The summed E-state index contributed by atoms with van der Waals surface area (Å²) in [5.41, 5.74) is 1.04. The number of nitrogens with zero attached hydrogens (tertiary/aromatic N) is 3. The Labute approximate surface area is 130 Å². The van der Waals surface area contributed by atoms with Gasteiger partial charge >= 0.3 is 5.97 Å². The fourth-order valence-corrected chi connectivity index (χ4v) is 3.83. The second-order valence-corrected chi connectivity index (χ2v) is 6.30. The molecule has 2 aliphatic rings. The van der Waals surface area contributed by atoms with Crippen LogP contribution in [0.4, 0.5) is 0 Å². The van der Waals surface area contributed by atoms with E-state index in [0.717, 1.165) is 0 Å². The zero-order chi connectivity index (χ0) is 16.0. The molecular weight excluding hydrogens is 308 g/mol. The molecule has 0 unspecified atom stereocenters. The summed E-state index contributed by atoms with van der Waals surface area (Å²) in [6, 6.07) is -0.708. The van der Waals surface area contributed by atoms with Gasteiger partial charge in [0.15, 0.2) is 0 Å². The molecule has 1 fully saturated rings. The average molecular weight is 322 g/mol. The van der Waals surface area contributed by atoms with Gasteiger partial charge in [-0.15, -0.1) is 11.8 Å². The summed E-state index contributed by atoms with van der Waals surface area (Å²) < 4.78 is 1.49. The standard InChI is InChI=1S/C13H14N4O4S/c1-6-5-22-12-8(11(19)17(12)9(6)13(20)21)15-10(18)7-3-14-16(2)4-7/h3-4,8,12H,5H2,1-2H3,(H,15,18)(H,20,21)/t8-,12-/m0/s1. The largest absolute Gasteiger partial charge is 0.477 e. The number of thioether (sulfide) groups is 1. The highest BCUT2D eigenvalue weighted by Gasteiger charge is 2.53. The van der Waals surface area contributed by atoms with Gasteiger partial charge in [-0.2, -0.15) is 5.10 Å². The van der Waals surface area contributed by atoms with Crippen LogP contribution in [-0.4, -0.2) is 54.7 Å². The average Bonchev–Trinajstić information content (AvgIpc) is 2.90. The fourth-order valence-electron chi connectivity index (χ4n) is 2.54. The highest BCUT2D eigenvalue weighted by atomic mass is 32.2. The SMILES string of the molecule is CC1=C(C(=O)O)N2C(=O)[C@H](NC(=O)c3cnn(C)c3)[C@@H]2SC1. The molecule has 3 heterocycles. The van der Waals surface area contributed by atoms with E-state index in [4.69, 9.17) is 0 Å². The van der Waals surface area contributed by atoms with Crippen molar-refractivity contribution >= 4 is 29.5 Å². The lowest BCUT2D eigenvalue weighted by Gasteiger charge is -2.49. The van der Waals surface area contributed by atoms with Crippen LogP contribution >= 0.6 is 11.8 Å². The maximum Gasteiger partial charge on any atom is 0.352 e. The number of amides is 2. The van der Waals surface area contributed by atoms with E-state index in [1.807, 2.05) is 0 Å². The minimum Gasteiger partial charge on any atom is -0.477 e. The summed E-state index contributed by atoms with van der Waals surface area (Å²) in [6.07, 6.45) is 2.97. The highest BCUT2D eigenvalue weighted by molar-refractivity contribution is 8.00. The summed E-state index contributed by atoms with van der Waals surface area (Å²) in [5.74, 6) is -1.38. The van der Waals surface area contributed by atoms with Gasteiger partial charge in [-0.1, -0.05) is 0 Å². The maximum absolute atomic E-state index is 12.2. The molecule has 8 nitrogen and oxygen atoms in total. The number of aliphatic carboxylic acids is 1. The van der Waals surface area contributed by atoms with Crippen LogP contribution < -0.4 is 5.32 Å². The van der Waals surface area contributed by atoms with Gasteiger partial charge in [0.25, 0.3) is 11.8 Å². The van der Waals surface area contributed by atoms with Crippen LogP contribution in [0, 0.1) is 0 Å². The molecule has 0 aliphatic carbocycles. The number of rotatable bonds is 3. The number of carboxylic acid groups (broad SMARTS) is 1. The predicted molar refractivity (Wildman–Crippen MR) is 77.9 cm³/mol. The van der Waals surface area contributed by atoms with E-state index >= 15 is 0 Å². The smallest absolute Gasteiger partial charge is 0.352 e. The first-order valence-electron chi connectivity index (χ1n) is 6.57. The maximum atomic E-state index is 12.2. The monoisotopic (exact) mass is 322 g/mol. The van der Waals surface area contributed by atoms with Gasteiger partial charge in [0.05, 0.1) is 11.8 Å². The van der Waals surface area contributed by atoms with Gasteiger partial charge < -0.3 is 10.4 Å². The summed E-state index contributed by atoms with van der Waals surface area (Å²) in [6.45, 7) is 1.70. The van der Waals surface area contributed by atoms with Crippen molar-refractivity contribution in [2.24, 2.45) is 7.05 Å². The number of nitrogens with one attached hydrogen (secondary N) is 1. The van der Waals surface area contributed by atoms with Crippen molar-refractivity contribution in [2.45, 2.75) is 18.3 Å². The topological polar surface area (TPSA) is 105 Å². The number of hydrogen-bond acceptors (Lipinski definition) is 5. The van der Waals surface area contributed by atoms with Crippen molar-refractivity contribution in [1.82, 2.24) is 20.0 Å².